The van der Waals surface area contributed by atoms with Crippen molar-refractivity contribution in [2.24, 2.45) is 0 Å². The second-order valence-corrected chi connectivity index (χ2v) is 7.81. The van der Waals surface area contributed by atoms with Crippen LogP contribution in [0.25, 0.3) is 0 Å². The van der Waals surface area contributed by atoms with E-state index in [2.05, 4.69) is 23.1 Å². The van der Waals surface area contributed by atoms with Gasteiger partial charge in [-0.25, -0.2) is 4.39 Å². The smallest absolute Gasteiger partial charge is 0.173 e. The highest BCUT2D eigenvalue weighted by Gasteiger charge is 2.47. The highest BCUT2D eigenvalue weighted by molar-refractivity contribution is 6.32. The molecule has 1 N–H and O–H groups in total. The number of hydrogen-bond donors (Lipinski definition) is 1. The zero-order valence-corrected chi connectivity index (χ0v) is 15.6. The lowest BCUT2D eigenvalue weighted by Crippen LogP contribution is -2.47. The molecule has 1 fully saturated rings. The molecule has 2 aromatic rings. The number of aliphatic hydroxyl groups is 1. The Balaban J connectivity index is 1.48. The molecule has 1 spiro atoms. The number of hydrogen-bond acceptors (Lipinski definition) is 3. The van der Waals surface area contributed by atoms with Crippen molar-refractivity contribution in [1.82, 2.24) is 4.90 Å². The van der Waals surface area contributed by atoms with E-state index in [1.807, 2.05) is 6.07 Å². The van der Waals surface area contributed by atoms with Gasteiger partial charge in [0, 0.05) is 12.0 Å². The Morgan fingerprint density at radius 2 is 2.00 bits per heavy atom. The molecular weight excluding hydrogens is 353 g/mol. The molecule has 0 saturated carbocycles. The Labute approximate surface area is 158 Å². The first kappa shape index (κ1) is 17.8. The third-order valence-corrected chi connectivity index (χ3v) is 6.30. The Morgan fingerprint density at radius 3 is 2.69 bits per heavy atom. The molecule has 3 nitrogen and oxygen atoms in total. The summed E-state index contributed by atoms with van der Waals surface area (Å²) in [5, 5.41) is 11.0. The van der Waals surface area contributed by atoms with Crippen LogP contribution in [0, 0.1) is 5.82 Å². The van der Waals surface area contributed by atoms with Crippen LogP contribution in [0.4, 0.5) is 4.39 Å². The van der Waals surface area contributed by atoms with Crippen molar-refractivity contribution in [3.8, 4) is 5.75 Å². The van der Waals surface area contributed by atoms with Crippen LogP contribution in [0.2, 0.25) is 5.02 Å². The molecule has 1 heterocycles. The van der Waals surface area contributed by atoms with E-state index in [-0.39, 0.29) is 17.3 Å². The van der Waals surface area contributed by atoms with Crippen molar-refractivity contribution in [2.45, 2.75) is 37.3 Å². The van der Waals surface area contributed by atoms with Crippen LogP contribution in [-0.2, 0) is 18.4 Å². The number of ether oxygens (including phenoxy) is 1. The molecule has 138 valence electrons. The van der Waals surface area contributed by atoms with Gasteiger partial charge in [-0.1, -0.05) is 35.9 Å². The maximum atomic E-state index is 14.1. The minimum absolute atomic E-state index is 0.0960. The molecule has 1 aliphatic carbocycles. The van der Waals surface area contributed by atoms with Gasteiger partial charge in [-0.15, -0.1) is 0 Å². The van der Waals surface area contributed by atoms with Crippen LogP contribution in [0.3, 0.4) is 0 Å². The molecule has 1 aliphatic heterocycles. The molecule has 26 heavy (non-hydrogen) atoms. The summed E-state index contributed by atoms with van der Waals surface area (Å²) >= 11 is 6.11. The molecule has 0 bridgehead atoms. The monoisotopic (exact) mass is 375 g/mol. The van der Waals surface area contributed by atoms with Crippen molar-refractivity contribution < 1.29 is 14.2 Å². The topological polar surface area (TPSA) is 32.7 Å². The third-order valence-electron chi connectivity index (χ3n) is 6.02. The quantitative estimate of drug-likeness (QED) is 0.882. The lowest BCUT2D eigenvalue weighted by atomic mass is 9.72. The maximum absolute atomic E-state index is 14.1. The van der Waals surface area contributed by atoms with Gasteiger partial charge in [0.15, 0.2) is 11.6 Å². The number of fused-ring (bicyclic) bond motifs is 2. The summed E-state index contributed by atoms with van der Waals surface area (Å²) in [6.45, 7) is 2.39. The molecule has 5 heteroatoms. The van der Waals surface area contributed by atoms with Gasteiger partial charge in [0.25, 0.3) is 0 Å². The fourth-order valence-electron chi connectivity index (χ4n) is 4.64. The molecule has 4 rings (SSSR count). The highest BCUT2D eigenvalue weighted by atomic mass is 35.5. The number of halogens is 2. The summed E-state index contributed by atoms with van der Waals surface area (Å²) in [6, 6.07) is 11.7. The summed E-state index contributed by atoms with van der Waals surface area (Å²) in [5.41, 5.74) is 3.30. The number of benzene rings is 2. The van der Waals surface area contributed by atoms with E-state index >= 15 is 0 Å². The Bertz CT molecular complexity index is 794. The number of likely N-dealkylation sites (tertiary alicyclic amines) is 1. The predicted octanol–water partition coefficient (Wildman–Crippen LogP) is 3.94. The predicted molar refractivity (Wildman–Crippen MR) is 100 cm³/mol. The largest absolute Gasteiger partial charge is 0.492 e. The number of rotatable bonds is 3. The molecule has 1 unspecified atom stereocenters. The van der Waals surface area contributed by atoms with Crippen LogP contribution < -0.4 is 4.74 Å². The molecule has 2 aromatic carbocycles. The Morgan fingerprint density at radius 1 is 1.27 bits per heavy atom. The van der Waals surface area contributed by atoms with Gasteiger partial charge < -0.3 is 9.84 Å². The van der Waals surface area contributed by atoms with E-state index in [4.69, 9.17) is 16.3 Å². The van der Waals surface area contributed by atoms with Crippen molar-refractivity contribution >= 4 is 11.6 Å². The van der Waals surface area contributed by atoms with E-state index in [9.17, 15) is 9.50 Å². The van der Waals surface area contributed by atoms with Crippen LogP contribution in [-0.4, -0.2) is 36.3 Å². The van der Waals surface area contributed by atoms with E-state index < -0.39 is 5.82 Å². The van der Waals surface area contributed by atoms with Crippen LogP contribution in [0.1, 0.15) is 29.5 Å². The van der Waals surface area contributed by atoms with Crippen LogP contribution in [0.15, 0.2) is 36.4 Å². The lowest BCUT2D eigenvalue weighted by Gasteiger charge is -2.42. The number of piperidine rings is 1. The van der Waals surface area contributed by atoms with Gasteiger partial charge in [-0.3, -0.25) is 4.90 Å². The first-order chi connectivity index (χ1) is 12.5. The molecule has 0 radical (unpaired) electrons. The van der Waals surface area contributed by atoms with Crippen LogP contribution >= 0.6 is 11.6 Å². The number of methoxy groups -OCH3 is 1. The molecule has 1 atom stereocenters. The van der Waals surface area contributed by atoms with Crippen molar-refractivity contribution in [2.75, 3.05) is 20.2 Å². The van der Waals surface area contributed by atoms with Gasteiger partial charge >= 0.3 is 0 Å². The van der Waals surface area contributed by atoms with Crippen molar-refractivity contribution in [3.63, 3.8) is 0 Å². The minimum Gasteiger partial charge on any atom is -0.492 e. The van der Waals surface area contributed by atoms with E-state index in [0.717, 1.165) is 37.9 Å². The maximum Gasteiger partial charge on any atom is 0.173 e. The molecule has 0 amide bonds. The number of nitrogens with zero attached hydrogens (tertiary/aromatic N) is 1. The van der Waals surface area contributed by atoms with E-state index in [0.29, 0.717) is 11.6 Å². The minimum atomic E-state index is -0.427. The van der Waals surface area contributed by atoms with Crippen molar-refractivity contribution in [3.05, 3.63) is 63.9 Å². The highest BCUT2D eigenvalue weighted by Crippen LogP contribution is 2.46. The van der Waals surface area contributed by atoms with Crippen molar-refractivity contribution in [1.29, 1.82) is 0 Å². The summed E-state index contributed by atoms with van der Waals surface area (Å²) in [6.07, 6.45) is 2.26. The van der Waals surface area contributed by atoms with Gasteiger partial charge in [0.1, 0.15) is 0 Å². The fraction of sp³-hybridized carbons (Fsp3) is 0.429. The summed E-state index contributed by atoms with van der Waals surface area (Å²) in [7, 11) is 1.42. The van der Waals surface area contributed by atoms with Gasteiger partial charge in [0.05, 0.1) is 18.2 Å². The second-order valence-electron chi connectivity index (χ2n) is 7.40. The first-order valence-corrected chi connectivity index (χ1v) is 9.42. The lowest BCUT2D eigenvalue weighted by molar-refractivity contribution is 0.0413. The zero-order valence-electron chi connectivity index (χ0n) is 14.8. The van der Waals surface area contributed by atoms with Gasteiger partial charge in [-0.05, 0) is 61.2 Å². The average Bonchev–Trinajstić information content (AvgIpc) is 2.89. The summed E-state index contributed by atoms with van der Waals surface area (Å²) in [4.78, 5) is 2.30. The second kappa shape index (κ2) is 6.84. The Kier molecular flexibility index (Phi) is 4.68. The SMILES string of the molecule is COc1c(F)cc(CN2CCC3(CC2)c2ccccc2CC3O)cc1Cl. The standard InChI is InChI=1S/C21H23ClFNO2/c1-26-20-17(22)10-14(11-18(20)23)13-24-8-6-21(7-9-24)16-5-3-2-4-15(16)12-19(21)25/h2-5,10-11,19,25H,6-9,12-13H2,1H3. The normalized spacial score (nSPS) is 21.8. The molecule has 2 aliphatic rings. The fourth-order valence-corrected chi connectivity index (χ4v) is 4.94. The van der Waals surface area contributed by atoms with E-state index in [1.165, 1.54) is 24.3 Å². The van der Waals surface area contributed by atoms with Crippen LogP contribution in [0.5, 0.6) is 5.75 Å². The number of aliphatic hydroxyl groups excluding tert-OH is 1. The molecule has 1 saturated heterocycles. The van der Waals surface area contributed by atoms with Gasteiger partial charge in [-0.2, -0.15) is 0 Å². The third kappa shape index (κ3) is 2.90. The Hall–Kier alpha value is -1.62. The van der Waals surface area contributed by atoms with Gasteiger partial charge in [0.2, 0.25) is 0 Å². The first-order valence-electron chi connectivity index (χ1n) is 9.04. The summed E-state index contributed by atoms with van der Waals surface area (Å²) < 4.78 is 19.0. The van der Waals surface area contributed by atoms with E-state index in [1.54, 1.807) is 6.07 Å². The average molecular weight is 376 g/mol. The zero-order chi connectivity index (χ0) is 18.3. The molecule has 0 aromatic heterocycles. The molecular formula is C21H23ClFNO2. The summed E-state index contributed by atoms with van der Waals surface area (Å²) in [5.74, 6) is -0.331.